The van der Waals surface area contributed by atoms with Crippen LogP contribution in [0.2, 0.25) is 0 Å². The summed E-state index contributed by atoms with van der Waals surface area (Å²) in [5.41, 5.74) is 15.1. The fourth-order valence-electron chi connectivity index (χ4n) is 8.76. The number of aryl methyl sites for hydroxylation is 2. The second-order valence-corrected chi connectivity index (χ2v) is 17.5. The lowest BCUT2D eigenvalue weighted by Gasteiger charge is -2.32. The number of likely N-dealkylation sites (tertiary alicyclic amines) is 2. The number of nitrogens with one attached hydrogen (secondary N) is 2. The second kappa shape index (κ2) is 21.3. The lowest BCUT2D eigenvalue weighted by molar-refractivity contribution is 0.0705. The number of aromatic nitrogens is 2. The van der Waals surface area contributed by atoms with Crippen molar-refractivity contribution in [2.45, 2.75) is 51.4 Å². The molecule has 2 aliphatic rings. The molecule has 0 aliphatic carbocycles. The summed E-state index contributed by atoms with van der Waals surface area (Å²) in [6.07, 6.45) is 6.49. The first-order valence-electron chi connectivity index (χ1n) is 23.0. The van der Waals surface area contributed by atoms with Crippen LogP contribution < -0.4 is 16.4 Å². The standard InChI is InChI=1S/C30H26N4O2.C26H25N5O2/c1-20-6-9-25(17-28(20)33-29(35)26-16-24-4-2-3-5-27(24)32-19-26)30(36)34-14-12-23(13-15-34)22-10-7-21(18-31)8-11-22;1-17-2-5-21(14-23(17)30-25(32)22-8-9-24(28)29-16-22)26(33)31-12-10-20(11-13-31)19-6-3-18(15-27)4-7-19/h2-11,16-17,19,23H,12-15H2,1H3,(H,33,35);2-9,14,16,20H,10-13H2,1H3,(H2,28,29)(H,30,32). The summed E-state index contributed by atoms with van der Waals surface area (Å²) in [6, 6.07) is 43.2. The Morgan fingerprint density at radius 2 is 1.00 bits per heavy atom. The number of amides is 4. The molecule has 2 fully saturated rings. The van der Waals surface area contributed by atoms with Crippen LogP contribution in [0, 0.1) is 36.5 Å². The normalized spacial score (nSPS) is 13.9. The molecule has 0 radical (unpaired) electrons. The molecule has 69 heavy (non-hydrogen) atoms. The van der Waals surface area contributed by atoms with Crippen LogP contribution in [0.1, 0.15) is 112 Å². The van der Waals surface area contributed by atoms with E-state index in [-0.39, 0.29) is 23.6 Å². The van der Waals surface area contributed by atoms with Crippen molar-refractivity contribution in [3.63, 3.8) is 0 Å². The highest BCUT2D eigenvalue weighted by Crippen LogP contribution is 2.31. The van der Waals surface area contributed by atoms with Crippen molar-refractivity contribution >= 4 is 51.7 Å². The van der Waals surface area contributed by atoms with Gasteiger partial charge >= 0.3 is 0 Å². The topological polar surface area (TPSA) is 198 Å². The first-order chi connectivity index (χ1) is 33.5. The smallest absolute Gasteiger partial charge is 0.257 e. The maximum absolute atomic E-state index is 13.3. The Kier molecular flexibility index (Phi) is 14.5. The van der Waals surface area contributed by atoms with Crippen LogP contribution in [-0.4, -0.2) is 69.6 Å². The van der Waals surface area contributed by atoms with E-state index in [2.05, 4.69) is 32.7 Å². The zero-order valence-corrected chi connectivity index (χ0v) is 38.5. The molecule has 0 atom stereocenters. The predicted molar refractivity (Wildman–Crippen MR) is 267 cm³/mol. The number of nitrogens with zero attached hydrogens (tertiary/aromatic N) is 6. The molecule has 13 heteroatoms. The van der Waals surface area contributed by atoms with Gasteiger partial charge in [-0.3, -0.25) is 24.2 Å². The third kappa shape index (κ3) is 11.3. The zero-order chi connectivity index (χ0) is 48.4. The molecule has 2 saturated heterocycles. The minimum atomic E-state index is -0.307. The van der Waals surface area contributed by atoms with Crippen LogP contribution in [0.4, 0.5) is 17.2 Å². The highest BCUT2D eigenvalue weighted by molar-refractivity contribution is 6.07. The van der Waals surface area contributed by atoms with Crippen LogP contribution in [-0.2, 0) is 0 Å². The molecule has 0 saturated carbocycles. The van der Waals surface area contributed by atoms with Crippen LogP contribution in [0.25, 0.3) is 10.9 Å². The predicted octanol–water partition coefficient (Wildman–Crippen LogP) is 9.80. The van der Waals surface area contributed by atoms with Gasteiger partial charge in [-0.05, 0) is 146 Å². The molecule has 0 unspecified atom stereocenters. The Morgan fingerprint density at radius 1 is 0.551 bits per heavy atom. The number of rotatable bonds is 8. The second-order valence-electron chi connectivity index (χ2n) is 17.5. The summed E-state index contributed by atoms with van der Waals surface area (Å²) in [4.78, 5) is 64.0. The molecule has 0 spiro atoms. The number of nitrogens with two attached hydrogens (primary N) is 1. The molecule has 4 amide bonds. The van der Waals surface area contributed by atoms with E-state index in [1.165, 1.54) is 17.3 Å². The van der Waals surface area contributed by atoms with Crippen molar-refractivity contribution in [3.8, 4) is 12.1 Å². The third-order valence-electron chi connectivity index (χ3n) is 13.0. The van der Waals surface area contributed by atoms with Crippen LogP contribution in [0.15, 0.2) is 140 Å². The Hall–Kier alpha value is -8.68. The van der Waals surface area contributed by atoms with Crippen LogP contribution >= 0.6 is 0 Å². The van der Waals surface area contributed by atoms with Gasteiger partial charge in [0.15, 0.2) is 0 Å². The Bertz CT molecular complexity index is 3110. The van der Waals surface area contributed by atoms with Gasteiger partial charge in [0.05, 0.1) is 39.9 Å². The quantitative estimate of drug-likeness (QED) is 0.133. The van der Waals surface area contributed by atoms with Crippen molar-refractivity contribution in [2.24, 2.45) is 0 Å². The molecule has 9 rings (SSSR count). The van der Waals surface area contributed by atoms with Crippen molar-refractivity contribution in [2.75, 3.05) is 42.5 Å². The summed E-state index contributed by atoms with van der Waals surface area (Å²) in [6.45, 7) is 6.45. The first kappa shape index (κ1) is 46.8. The summed E-state index contributed by atoms with van der Waals surface area (Å²) < 4.78 is 0. The molecule has 0 bridgehead atoms. The first-order valence-corrected chi connectivity index (χ1v) is 23.0. The average Bonchev–Trinajstić information content (AvgIpc) is 3.39. The van der Waals surface area contributed by atoms with E-state index in [0.29, 0.717) is 88.6 Å². The van der Waals surface area contributed by atoms with Crippen molar-refractivity contribution in [1.29, 1.82) is 10.5 Å². The van der Waals surface area contributed by atoms with Gasteiger partial charge in [0.2, 0.25) is 0 Å². The number of hydrogen-bond donors (Lipinski definition) is 3. The number of carbonyl (C=O) groups is 4. The summed E-state index contributed by atoms with van der Waals surface area (Å²) >= 11 is 0. The molecule has 344 valence electrons. The van der Waals surface area contributed by atoms with Gasteiger partial charge in [0, 0.05) is 66.5 Å². The van der Waals surface area contributed by atoms with E-state index in [1.807, 2.05) is 121 Å². The van der Waals surface area contributed by atoms with E-state index >= 15 is 0 Å². The van der Waals surface area contributed by atoms with Gasteiger partial charge in [-0.15, -0.1) is 0 Å². The Balaban J connectivity index is 0.000000187. The van der Waals surface area contributed by atoms with Gasteiger partial charge in [0.1, 0.15) is 5.82 Å². The van der Waals surface area contributed by atoms with Crippen LogP contribution in [0.3, 0.4) is 0 Å². The monoisotopic (exact) mass is 913 g/mol. The zero-order valence-electron chi connectivity index (χ0n) is 38.5. The van der Waals surface area contributed by atoms with E-state index in [1.54, 1.807) is 36.5 Å². The number of carbonyl (C=O) groups excluding carboxylic acids is 4. The highest BCUT2D eigenvalue weighted by Gasteiger charge is 2.27. The largest absolute Gasteiger partial charge is 0.384 e. The molecular formula is C56H51N9O4. The van der Waals surface area contributed by atoms with Gasteiger partial charge in [-0.1, -0.05) is 54.6 Å². The van der Waals surface area contributed by atoms with E-state index in [0.717, 1.165) is 47.7 Å². The number of benzene rings is 5. The summed E-state index contributed by atoms with van der Waals surface area (Å²) in [5.74, 6) is 0.461. The SMILES string of the molecule is Cc1ccc(C(=O)N2CCC(c3ccc(C#N)cc3)CC2)cc1NC(=O)c1ccc(N)nc1.Cc1ccc(C(=O)N2CCC(c3ccc(C#N)cc3)CC2)cc1NC(=O)c1cnc2ccccc2c1. The van der Waals surface area contributed by atoms with Gasteiger partial charge in [-0.25, -0.2) is 4.98 Å². The molecule has 2 aromatic heterocycles. The lowest BCUT2D eigenvalue weighted by atomic mass is 9.89. The number of fused-ring (bicyclic) bond motifs is 1. The molecule has 4 heterocycles. The molecule has 2 aliphatic heterocycles. The van der Waals surface area contributed by atoms with E-state index in [4.69, 9.17) is 16.3 Å². The highest BCUT2D eigenvalue weighted by atomic mass is 16.2. The number of pyridine rings is 2. The minimum Gasteiger partial charge on any atom is -0.384 e. The Morgan fingerprint density at radius 3 is 1.46 bits per heavy atom. The number of para-hydroxylation sites is 1. The van der Waals surface area contributed by atoms with E-state index in [9.17, 15) is 19.2 Å². The van der Waals surface area contributed by atoms with Crippen LogP contribution in [0.5, 0.6) is 0 Å². The minimum absolute atomic E-state index is 0.0313. The fourth-order valence-corrected chi connectivity index (χ4v) is 8.76. The van der Waals surface area contributed by atoms with Crippen molar-refractivity contribution in [1.82, 2.24) is 19.8 Å². The number of nitrogen functional groups attached to an aromatic ring is 1. The molecule has 5 aromatic carbocycles. The number of anilines is 3. The fraction of sp³-hybridized carbons (Fsp3) is 0.214. The molecular weight excluding hydrogens is 863 g/mol. The van der Waals surface area contributed by atoms with Gasteiger partial charge in [-0.2, -0.15) is 10.5 Å². The summed E-state index contributed by atoms with van der Waals surface area (Å²) in [7, 11) is 0. The molecule has 7 aromatic rings. The lowest BCUT2D eigenvalue weighted by Crippen LogP contribution is -2.38. The number of nitriles is 2. The maximum atomic E-state index is 13.3. The van der Waals surface area contributed by atoms with E-state index < -0.39 is 0 Å². The Labute approximate surface area is 401 Å². The maximum Gasteiger partial charge on any atom is 0.257 e. The number of hydrogen-bond acceptors (Lipinski definition) is 9. The van der Waals surface area contributed by atoms with Gasteiger partial charge in [0.25, 0.3) is 23.6 Å². The van der Waals surface area contributed by atoms with Gasteiger partial charge < -0.3 is 26.2 Å². The molecule has 13 nitrogen and oxygen atoms in total. The summed E-state index contributed by atoms with van der Waals surface area (Å²) in [5, 5.41) is 24.7. The van der Waals surface area contributed by atoms with Crippen molar-refractivity contribution in [3.05, 3.63) is 195 Å². The number of piperidine rings is 2. The third-order valence-corrected chi connectivity index (χ3v) is 13.0. The van der Waals surface area contributed by atoms with Crippen molar-refractivity contribution < 1.29 is 19.2 Å². The average molecular weight is 914 g/mol. The molecule has 4 N–H and O–H groups in total.